The molecule has 0 amide bonds. The van der Waals surface area contributed by atoms with Crippen LogP contribution in [0.15, 0.2) is 6.20 Å². The molecule has 17 heavy (non-hydrogen) atoms. The van der Waals surface area contributed by atoms with E-state index in [9.17, 15) is 0 Å². The third-order valence-corrected chi connectivity index (χ3v) is 4.40. The minimum atomic E-state index is 0.690. The van der Waals surface area contributed by atoms with Crippen LogP contribution in [0.3, 0.4) is 0 Å². The summed E-state index contributed by atoms with van der Waals surface area (Å²) >= 11 is 0. The number of aromatic nitrogens is 2. The predicted octanol–water partition coefficient (Wildman–Crippen LogP) is 1.09. The SMILES string of the molecule is COC[C@@H]1C[C@@H]2Cc3[nH]ncc3CC2N(C)C1. The summed E-state index contributed by atoms with van der Waals surface area (Å²) in [6.45, 7) is 2.06. The molecule has 1 N–H and O–H groups in total. The lowest BCUT2D eigenvalue weighted by Gasteiger charge is -2.45. The number of likely N-dealkylation sites (N-methyl/N-ethyl adjacent to an activating group) is 1. The van der Waals surface area contributed by atoms with E-state index in [0.29, 0.717) is 12.0 Å². The van der Waals surface area contributed by atoms with Crippen molar-refractivity contribution in [1.29, 1.82) is 0 Å². The van der Waals surface area contributed by atoms with Gasteiger partial charge < -0.3 is 9.64 Å². The quantitative estimate of drug-likeness (QED) is 0.834. The van der Waals surface area contributed by atoms with Gasteiger partial charge in [-0.15, -0.1) is 0 Å². The van der Waals surface area contributed by atoms with Crippen molar-refractivity contribution in [2.75, 3.05) is 27.3 Å². The minimum Gasteiger partial charge on any atom is -0.384 e. The molecule has 0 saturated carbocycles. The van der Waals surface area contributed by atoms with Crippen molar-refractivity contribution in [1.82, 2.24) is 15.1 Å². The molecule has 1 aliphatic heterocycles. The van der Waals surface area contributed by atoms with Crippen LogP contribution in [0, 0.1) is 11.8 Å². The second-order valence-corrected chi connectivity index (χ2v) is 5.61. The van der Waals surface area contributed by atoms with E-state index in [-0.39, 0.29) is 0 Å². The fourth-order valence-electron chi connectivity index (χ4n) is 3.64. The maximum absolute atomic E-state index is 5.32. The standard InChI is InChI=1S/C13H21N3O/c1-16-7-9(8-17-2)3-10-4-12-11(5-13(10)16)6-14-15-12/h6,9-10,13H,3-5,7-8H2,1-2H3,(H,14,15)/t9-,10-,13?/m1/s1. The van der Waals surface area contributed by atoms with Crippen LogP contribution in [-0.4, -0.2) is 48.4 Å². The molecule has 1 fully saturated rings. The maximum atomic E-state index is 5.32. The van der Waals surface area contributed by atoms with Crippen LogP contribution in [0.2, 0.25) is 0 Å². The van der Waals surface area contributed by atoms with Crippen molar-refractivity contribution < 1.29 is 4.74 Å². The lowest BCUT2D eigenvalue weighted by molar-refractivity contribution is 0.0321. The van der Waals surface area contributed by atoms with Crippen molar-refractivity contribution in [3.8, 4) is 0 Å². The van der Waals surface area contributed by atoms with Gasteiger partial charge in [0.2, 0.25) is 0 Å². The van der Waals surface area contributed by atoms with E-state index in [2.05, 4.69) is 22.1 Å². The molecule has 0 spiro atoms. The van der Waals surface area contributed by atoms with Crippen LogP contribution in [-0.2, 0) is 17.6 Å². The molecule has 3 atom stereocenters. The van der Waals surface area contributed by atoms with Crippen molar-refractivity contribution >= 4 is 0 Å². The number of likely N-dealkylation sites (tertiary alicyclic amines) is 1. The molecule has 0 aromatic carbocycles. The zero-order valence-electron chi connectivity index (χ0n) is 10.6. The highest BCUT2D eigenvalue weighted by Crippen LogP contribution is 2.35. The average molecular weight is 235 g/mol. The smallest absolute Gasteiger partial charge is 0.0522 e. The number of nitrogens with one attached hydrogen (secondary N) is 1. The fourth-order valence-corrected chi connectivity index (χ4v) is 3.64. The predicted molar refractivity (Wildman–Crippen MR) is 65.9 cm³/mol. The summed E-state index contributed by atoms with van der Waals surface area (Å²) in [5, 5.41) is 7.33. The zero-order chi connectivity index (χ0) is 11.8. The highest BCUT2D eigenvalue weighted by Gasteiger charge is 2.38. The van der Waals surface area contributed by atoms with Gasteiger partial charge in [0, 0.05) is 25.4 Å². The first kappa shape index (κ1) is 11.2. The van der Waals surface area contributed by atoms with E-state index < -0.39 is 0 Å². The average Bonchev–Trinajstić information content (AvgIpc) is 2.74. The fraction of sp³-hybridized carbons (Fsp3) is 0.769. The molecule has 0 bridgehead atoms. The number of ether oxygens (including phenoxy) is 1. The van der Waals surface area contributed by atoms with Gasteiger partial charge in [0.1, 0.15) is 0 Å². The number of aromatic amines is 1. The van der Waals surface area contributed by atoms with E-state index in [1.54, 1.807) is 7.11 Å². The summed E-state index contributed by atoms with van der Waals surface area (Å²) in [4.78, 5) is 2.52. The molecule has 3 rings (SSSR count). The molecule has 1 aromatic heterocycles. The molecule has 2 aliphatic rings. The summed E-state index contributed by atoms with van der Waals surface area (Å²) in [5.41, 5.74) is 2.78. The van der Waals surface area contributed by atoms with Gasteiger partial charge in [-0.2, -0.15) is 5.10 Å². The largest absolute Gasteiger partial charge is 0.384 e. The molecular formula is C13H21N3O. The van der Waals surface area contributed by atoms with Gasteiger partial charge in [-0.05, 0) is 43.7 Å². The number of nitrogens with zero attached hydrogens (tertiary/aromatic N) is 2. The van der Waals surface area contributed by atoms with E-state index >= 15 is 0 Å². The molecule has 1 saturated heterocycles. The molecular weight excluding hydrogens is 214 g/mol. The Morgan fingerprint density at radius 3 is 3.24 bits per heavy atom. The van der Waals surface area contributed by atoms with E-state index in [0.717, 1.165) is 25.4 Å². The number of fused-ring (bicyclic) bond motifs is 2. The first-order valence-corrected chi connectivity index (χ1v) is 6.48. The molecule has 0 radical (unpaired) electrons. The number of H-pyrrole nitrogens is 1. The van der Waals surface area contributed by atoms with Gasteiger partial charge in [-0.1, -0.05) is 0 Å². The highest BCUT2D eigenvalue weighted by atomic mass is 16.5. The number of piperidine rings is 1. The Kier molecular flexibility index (Phi) is 2.92. The molecule has 1 aliphatic carbocycles. The van der Waals surface area contributed by atoms with E-state index in [1.807, 2.05) is 6.20 Å². The van der Waals surface area contributed by atoms with Gasteiger partial charge in [-0.25, -0.2) is 0 Å². The summed E-state index contributed by atoms with van der Waals surface area (Å²) in [5.74, 6) is 1.46. The number of hydrogen-bond acceptors (Lipinski definition) is 3. The van der Waals surface area contributed by atoms with Crippen molar-refractivity contribution in [2.45, 2.75) is 25.3 Å². The molecule has 1 unspecified atom stereocenters. The van der Waals surface area contributed by atoms with Crippen molar-refractivity contribution in [3.05, 3.63) is 17.5 Å². The highest BCUT2D eigenvalue weighted by molar-refractivity contribution is 5.23. The number of hydrogen-bond donors (Lipinski definition) is 1. The van der Waals surface area contributed by atoms with Crippen molar-refractivity contribution in [2.24, 2.45) is 11.8 Å². The van der Waals surface area contributed by atoms with Crippen LogP contribution in [0.25, 0.3) is 0 Å². The van der Waals surface area contributed by atoms with E-state index in [1.165, 1.54) is 24.2 Å². The van der Waals surface area contributed by atoms with Crippen LogP contribution in [0.1, 0.15) is 17.7 Å². The Labute approximate surface area is 102 Å². The van der Waals surface area contributed by atoms with Crippen LogP contribution in [0.4, 0.5) is 0 Å². The van der Waals surface area contributed by atoms with Crippen LogP contribution >= 0.6 is 0 Å². The van der Waals surface area contributed by atoms with Crippen molar-refractivity contribution in [3.63, 3.8) is 0 Å². The Bertz CT molecular complexity index is 390. The molecule has 2 heterocycles. The third kappa shape index (κ3) is 2.00. The minimum absolute atomic E-state index is 0.690. The summed E-state index contributed by atoms with van der Waals surface area (Å²) in [7, 11) is 4.06. The number of rotatable bonds is 2. The Morgan fingerprint density at radius 1 is 1.53 bits per heavy atom. The van der Waals surface area contributed by atoms with Gasteiger partial charge in [0.25, 0.3) is 0 Å². The molecule has 4 nitrogen and oxygen atoms in total. The van der Waals surface area contributed by atoms with Gasteiger partial charge >= 0.3 is 0 Å². The second-order valence-electron chi connectivity index (χ2n) is 5.61. The first-order chi connectivity index (χ1) is 8.28. The second kappa shape index (κ2) is 4.42. The van der Waals surface area contributed by atoms with Crippen LogP contribution in [0.5, 0.6) is 0 Å². The Morgan fingerprint density at radius 2 is 2.41 bits per heavy atom. The summed E-state index contributed by atoms with van der Waals surface area (Å²) in [6, 6.07) is 0.702. The Hall–Kier alpha value is -0.870. The lowest BCUT2D eigenvalue weighted by Crippen LogP contribution is -2.50. The van der Waals surface area contributed by atoms with Gasteiger partial charge in [0.15, 0.2) is 0 Å². The Balaban J connectivity index is 1.77. The molecule has 1 aromatic rings. The third-order valence-electron chi connectivity index (χ3n) is 4.40. The summed E-state index contributed by atoms with van der Waals surface area (Å²) < 4.78 is 5.32. The zero-order valence-corrected chi connectivity index (χ0v) is 10.6. The van der Waals surface area contributed by atoms with Crippen LogP contribution < -0.4 is 0 Å². The lowest BCUT2D eigenvalue weighted by atomic mass is 9.75. The monoisotopic (exact) mass is 235 g/mol. The number of methoxy groups -OCH3 is 1. The topological polar surface area (TPSA) is 41.1 Å². The van der Waals surface area contributed by atoms with Gasteiger partial charge in [-0.3, -0.25) is 5.10 Å². The van der Waals surface area contributed by atoms with Gasteiger partial charge in [0.05, 0.1) is 12.8 Å². The van der Waals surface area contributed by atoms with E-state index in [4.69, 9.17) is 4.74 Å². The maximum Gasteiger partial charge on any atom is 0.0522 e. The summed E-state index contributed by atoms with van der Waals surface area (Å²) in [6.07, 6.45) is 5.61. The first-order valence-electron chi connectivity index (χ1n) is 6.48. The molecule has 4 heteroatoms. The normalized spacial score (nSPS) is 33.2. The molecule has 94 valence electrons.